The van der Waals surface area contributed by atoms with Gasteiger partial charge in [-0.25, -0.2) is 28.8 Å². The van der Waals surface area contributed by atoms with E-state index in [1.54, 1.807) is 0 Å². The number of carbonyl (C=O) groups is 6. The van der Waals surface area contributed by atoms with Gasteiger partial charge >= 0.3 is 72.9 Å². The van der Waals surface area contributed by atoms with Crippen LogP contribution in [0.3, 0.4) is 0 Å². The van der Waals surface area contributed by atoms with Crippen LogP contribution in [0, 0.1) is 0 Å². The molecule has 0 spiro atoms. The summed E-state index contributed by atoms with van der Waals surface area (Å²) in [5, 5.41) is 36.7. The Balaban J connectivity index is 2.18. The lowest BCUT2D eigenvalue weighted by Gasteiger charge is -2.39. The van der Waals surface area contributed by atoms with Crippen molar-refractivity contribution >= 4 is 35.8 Å². The van der Waals surface area contributed by atoms with Crippen LogP contribution in [0.2, 0.25) is 0 Å². The summed E-state index contributed by atoms with van der Waals surface area (Å²) in [6, 6.07) is -5.35. The van der Waals surface area contributed by atoms with Gasteiger partial charge in [0.25, 0.3) is 0 Å². The zero-order chi connectivity index (χ0) is 51.5. The van der Waals surface area contributed by atoms with Gasteiger partial charge in [0.05, 0.1) is 55.6 Å². The Bertz CT molecular complexity index is 2470. The molecule has 0 aliphatic heterocycles. The molecule has 0 fully saturated rings. The highest BCUT2D eigenvalue weighted by atomic mass is 19.4. The first kappa shape index (κ1) is 52.1. The van der Waals surface area contributed by atoms with Crippen LogP contribution >= 0.6 is 0 Å². The SMILES string of the molecule is O=C(Oc1c(C(F)(F)F)cc(C(c2cc(C(F)(F)F)c(OC(=O)c3ccc(C(=O)O)c(C(=O)O)c3)c(C(F)(F)F)c2)(C(F)(F)F)C(F)(F)F)cc1C(F)(F)F)c1ccc(C(=O)O)c(C(=O)O)c1. The maximum atomic E-state index is 15.2. The quantitative estimate of drug-likeness (QED) is 0.0666. The van der Waals surface area contributed by atoms with Crippen molar-refractivity contribution < 1.29 is 138 Å². The Morgan fingerprint density at radius 2 is 0.597 bits per heavy atom. The number of halogens is 18. The van der Waals surface area contributed by atoms with E-state index < -0.39 is 181 Å². The average Bonchev–Trinajstić information content (AvgIpc) is 3.15. The van der Waals surface area contributed by atoms with Crippen LogP contribution in [-0.2, 0) is 30.1 Å². The molecule has 4 N–H and O–H groups in total. The third kappa shape index (κ3) is 10.0. The van der Waals surface area contributed by atoms with Crippen molar-refractivity contribution in [1.29, 1.82) is 0 Å². The first-order chi connectivity index (χ1) is 30.2. The summed E-state index contributed by atoms with van der Waals surface area (Å²) < 4.78 is 274. The van der Waals surface area contributed by atoms with Crippen molar-refractivity contribution in [1.82, 2.24) is 0 Å². The fourth-order valence-electron chi connectivity index (χ4n) is 6.11. The van der Waals surface area contributed by atoms with E-state index in [2.05, 4.69) is 9.47 Å². The fraction of sp³-hybridized carbons (Fsp3) is 0.189. The summed E-state index contributed by atoms with van der Waals surface area (Å²) in [5.74, 6) is -19.7. The van der Waals surface area contributed by atoms with Gasteiger partial charge < -0.3 is 29.9 Å². The van der Waals surface area contributed by atoms with Gasteiger partial charge in [-0.15, -0.1) is 0 Å². The Kier molecular flexibility index (Phi) is 13.2. The number of carboxylic acids is 4. The van der Waals surface area contributed by atoms with Crippen molar-refractivity contribution in [3.63, 3.8) is 0 Å². The molecule has 30 heteroatoms. The second kappa shape index (κ2) is 17.0. The first-order valence-corrected chi connectivity index (χ1v) is 16.6. The maximum absolute atomic E-state index is 15.2. The predicted molar refractivity (Wildman–Crippen MR) is 176 cm³/mol. The average molecular weight is 992 g/mol. The van der Waals surface area contributed by atoms with Crippen LogP contribution in [0.5, 0.6) is 11.5 Å². The molecule has 4 aromatic rings. The van der Waals surface area contributed by atoms with Gasteiger partial charge in [-0.2, -0.15) is 79.0 Å². The van der Waals surface area contributed by atoms with E-state index in [0.29, 0.717) is 0 Å². The Morgan fingerprint density at radius 1 is 0.358 bits per heavy atom. The van der Waals surface area contributed by atoms with E-state index in [1.807, 2.05) is 0 Å². The number of carbonyl (C=O) groups excluding carboxylic acids is 2. The van der Waals surface area contributed by atoms with Crippen LogP contribution in [0.1, 0.15) is 95.5 Å². The number of carboxylic acid groups (broad SMARTS) is 4. The summed E-state index contributed by atoms with van der Waals surface area (Å²) in [7, 11) is 0. The third-order valence-electron chi connectivity index (χ3n) is 8.94. The van der Waals surface area contributed by atoms with Gasteiger partial charge in [-0.1, -0.05) is 0 Å². The van der Waals surface area contributed by atoms with Crippen LogP contribution < -0.4 is 9.47 Å². The zero-order valence-electron chi connectivity index (χ0n) is 31.1. The van der Waals surface area contributed by atoms with E-state index in [-0.39, 0.29) is 36.4 Å². The number of hydrogen-bond donors (Lipinski definition) is 4. The largest absolute Gasteiger partial charge is 0.478 e. The molecule has 360 valence electrons. The molecule has 0 bridgehead atoms. The molecule has 4 aromatic carbocycles. The summed E-state index contributed by atoms with van der Waals surface area (Å²) >= 11 is 0. The Morgan fingerprint density at radius 3 is 0.791 bits per heavy atom. The zero-order valence-corrected chi connectivity index (χ0v) is 31.1. The highest BCUT2D eigenvalue weighted by Gasteiger charge is 2.73. The van der Waals surface area contributed by atoms with Gasteiger partial charge in [0.2, 0.25) is 5.41 Å². The maximum Gasteiger partial charge on any atom is 0.420 e. The van der Waals surface area contributed by atoms with Crippen molar-refractivity contribution in [2.75, 3.05) is 0 Å². The van der Waals surface area contributed by atoms with Crippen molar-refractivity contribution in [2.24, 2.45) is 0 Å². The molecular formula is C37H14F18O12. The molecule has 0 radical (unpaired) electrons. The lowest BCUT2D eigenvalue weighted by molar-refractivity contribution is -0.289. The summed E-state index contributed by atoms with van der Waals surface area (Å²) in [4.78, 5) is 71.3. The van der Waals surface area contributed by atoms with Crippen molar-refractivity contribution in [3.8, 4) is 11.5 Å². The molecule has 0 aromatic heterocycles. The Hall–Kier alpha value is -7.56. The lowest BCUT2D eigenvalue weighted by Crippen LogP contribution is -2.55. The standard InChI is InChI=1S/C37H14F18O12/c38-32(39,40)19-7-13(8-20(33(41,42)43)23(19)66-29(64)11-1-3-15(25(56)57)17(5-11)27(60)61)31(36(50,51)52,37(53,54)55)14-9-21(34(44,45)46)24(22(10-14)35(47,48)49)67-30(65)12-2-4-16(26(58)59)18(6-12)28(62)63/h1-10H,(H,56,57)(H,58,59)(H,60,61)(H,62,63). The molecule has 0 amide bonds. The van der Waals surface area contributed by atoms with E-state index in [4.69, 9.17) is 10.2 Å². The van der Waals surface area contributed by atoms with E-state index in [9.17, 15) is 91.7 Å². The normalized spacial score (nSPS) is 12.9. The minimum atomic E-state index is -7.66. The molecule has 0 unspecified atom stereocenters. The van der Waals surface area contributed by atoms with Gasteiger partial charge in [0.1, 0.15) is 0 Å². The number of hydrogen-bond acceptors (Lipinski definition) is 8. The monoisotopic (exact) mass is 992 g/mol. The molecule has 12 nitrogen and oxygen atoms in total. The number of benzene rings is 4. The molecular weight excluding hydrogens is 978 g/mol. The number of esters is 2. The smallest absolute Gasteiger partial charge is 0.420 e. The van der Waals surface area contributed by atoms with Gasteiger partial charge in [-0.3, -0.25) is 0 Å². The molecule has 0 heterocycles. The Labute approximate surface area is 355 Å². The second-order valence-corrected chi connectivity index (χ2v) is 13.1. The van der Waals surface area contributed by atoms with Crippen LogP contribution in [0.25, 0.3) is 0 Å². The molecule has 0 aliphatic rings. The van der Waals surface area contributed by atoms with E-state index >= 15 is 26.3 Å². The molecule has 0 atom stereocenters. The van der Waals surface area contributed by atoms with Crippen molar-refractivity contribution in [3.05, 3.63) is 127 Å². The fourth-order valence-corrected chi connectivity index (χ4v) is 6.11. The van der Waals surface area contributed by atoms with Gasteiger partial charge in [0, 0.05) is 0 Å². The van der Waals surface area contributed by atoms with E-state index in [0.717, 1.165) is 0 Å². The lowest BCUT2D eigenvalue weighted by atomic mass is 9.71. The summed E-state index contributed by atoms with van der Waals surface area (Å²) in [6.45, 7) is 0. The van der Waals surface area contributed by atoms with Crippen LogP contribution in [-0.4, -0.2) is 68.6 Å². The number of ether oxygens (including phenoxy) is 2. The predicted octanol–water partition coefficient (Wildman–Crippen LogP) is 10.4. The third-order valence-corrected chi connectivity index (χ3v) is 8.94. The summed E-state index contributed by atoms with van der Waals surface area (Å²) in [6.07, 6.45) is -42.2. The topological polar surface area (TPSA) is 202 Å². The second-order valence-electron chi connectivity index (χ2n) is 13.1. The van der Waals surface area contributed by atoms with Gasteiger partial charge in [0.15, 0.2) is 11.5 Å². The van der Waals surface area contributed by atoms with Crippen LogP contribution in [0.4, 0.5) is 79.0 Å². The highest BCUT2D eigenvalue weighted by molar-refractivity contribution is 6.05. The van der Waals surface area contributed by atoms with Crippen LogP contribution in [0.15, 0.2) is 60.7 Å². The molecule has 0 saturated heterocycles. The van der Waals surface area contributed by atoms with Crippen molar-refractivity contribution in [2.45, 2.75) is 42.5 Å². The molecule has 0 aliphatic carbocycles. The molecule has 4 rings (SSSR count). The number of aromatic carboxylic acids is 4. The van der Waals surface area contributed by atoms with Gasteiger partial charge in [-0.05, 0) is 71.8 Å². The minimum absolute atomic E-state index is 0.0267. The molecule has 67 heavy (non-hydrogen) atoms. The molecule has 0 saturated carbocycles. The number of rotatable bonds is 10. The summed E-state index contributed by atoms with van der Waals surface area (Å²) in [5.41, 5.74) is -35.7. The highest BCUT2D eigenvalue weighted by Crippen LogP contribution is 2.60. The van der Waals surface area contributed by atoms with E-state index in [1.165, 1.54) is 0 Å². The number of alkyl halides is 18. The minimum Gasteiger partial charge on any atom is -0.478 e. The first-order valence-electron chi connectivity index (χ1n) is 16.6.